The highest BCUT2D eigenvalue weighted by Crippen LogP contribution is 2.34. The largest absolute Gasteiger partial charge is 0.269 e. The summed E-state index contributed by atoms with van der Waals surface area (Å²) >= 11 is 0. The van der Waals surface area contributed by atoms with Gasteiger partial charge in [-0.2, -0.15) is 0 Å². The SMILES string of the molecule is CCCCc1nc2c(F)cccc2cc1C(C)N1C(=O)c2ccccc2C1=O. The Morgan fingerprint density at radius 1 is 1.04 bits per heavy atom. The van der Waals surface area contributed by atoms with Crippen LogP contribution < -0.4 is 0 Å². The van der Waals surface area contributed by atoms with Crippen LogP contribution in [0.15, 0.2) is 48.5 Å². The number of imide groups is 1. The highest BCUT2D eigenvalue weighted by Gasteiger charge is 2.39. The van der Waals surface area contributed by atoms with Gasteiger partial charge in [0.15, 0.2) is 0 Å². The lowest BCUT2D eigenvalue weighted by molar-refractivity contribution is 0.0594. The maximum Gasteiger partial charge on any atom is 0.262 e. The molecule has 0 spiro atoms. The van der Waals surface area contributed by atoms with Crippen molar-refractivity contribution in [3.8, 4) is 0 Å². The normalized spacial score (nSPS) is 14.6. The second kappa shape index (κ2) is 7.15. The van der Waals surface area contributed by atoms with Gasteiger partial charge in [-0.3, -0.25) is 14.5 Å². The molecule has 2 amide bonds. The molecule has 28 heavy (non-hydrogen) atoms. The quantitative estimate of drug-likeness (QED) is 0.584. The number of benzene rings is 2. The zero-order chi connectivity index (χ0) is 19.8. The number of hydrogen-bond donors (Lipinski definition) is 0. The lowest BCUT2D eigenvalue weighted by Gasteiger charge is -2.25. The highest BCUT2D eigenvalue weighted by molar-refractivity contribution is 6.21. The Morgan fingerprint density at radius 3 is 2.36 bits per heavy atom. The summed E-state index contributed by atoms with van der Waals surface area (Å²) in [5.74, 6) is -0.960. The van der Waals surface area contributed by atoms with Crippen molar-refractivity contribution in [2.45, 2.75) is 39.2 Å². The van der Waals surface area contributed by atoms with Crippen molar-refractivity contribution in [2.75, 3.05) is 0 Å². The number of para-hydroxylation sites is 1. The molecule has 2 heterocycles. The van der Waals surface area contributed by atoms with E-state index in [9.17, 15) is 14.0 Å². The van der Waals surface area contributed by atoms with Crippen molar-refractivity contribution in [2.24, 2.45) is 0 Å². The van der Waals surface area contributed by atoms with Gasteiger partial charge in [-0.15, -0.1) is 0 Å². The summed E-state index contributed by atoms with van der Waals surface area (Å²) in [5, 5.41) is 0.665. The summed E-state index contributed by atoms with van der Waals surface area (Å²) < 4.78 is 14.2. The molecule has 142 valence electrons. The number of unbranched alkanes of at least 4 members (excludes halogenated alkanes) is 1. The van der Waals surface area contributed by atoms with Gasteiger partial charge in [0.25, 0.3) is 11.8 Å². The minimum absolute atomic E-state index is 0.297. The molecule has 1 unspecified atom stereocenters. The molecule has 1 atom stereocenters. The molecule has 1 aliphatic heterocycles. The van der Waals surface area contributed by atoms with E-state index < -0.39 is 6.04 Å². The second-order valence-corrected chi connectivity index (χ2v) is 7.14. The molecule has 4 rings (SSSR count). The summed E-state index contributed by atoms with van der Waals surface area (Å²) in [6.45, 7) is 3.91. The fourth-order valence-corrected chi connectivity index (χ4v) is 3.82. The third-order valence-corrected chi connectivity index (χ3v) is 5.34. The fourth-order valence-electron chi connectivity index (χ4n) is 3.82. The van der Waals surface area contributed by atoms with Crippen LogP contribution in [-0.4, -0.2) is 21.7 Å². The third kappa shape index (κ3) is 2.87. The van der Waals surface area contributed by atoms with E-state index in [4.69, 9.17) is 0 Å². The van der Waals surface area contributed by atoms with Crippen LogP contribution >= 0.6 is 0 Å². The van der Waals surface area contributed by atoms with Crippen molar-refractivity contribution >= 4 is 22.7 Å². The predicted molar refractivity (Wildman–Crippen MR) is 106 cm³/mol. The van der Waals surface area contributed by atoms with Gasteiger partial charge in [-0.25, -0.2) is 9.37 Å². The molecule has 2 aromatic carbocycles. The van der Waals surface area contributed by atoms with Crippen LogP contribution in [0.25, 0.3) is 10.9 Å². The number of carbonyl (C=O) groups is 2. The molecule has 1 aromatic heterocycles. The van der Waals surface area contributed by atoms with E-state index in [1.807, 2.05) is 13.0 Å². The molecule has 0 aliphatic carbocycles. The van der Waals surface area contributed by atoms with Gasteiger partial charge < -0.3 is 0 Å². The van der Waals surface area contributed by atoms with Gasteiger partial charge in [0.2, 0.25) is 0 Å². The molecule has 4 nitrogen and oxygen atoms in total. The van der Waals surface area contributed by atoms with Gasteiger partial charge in [-0.1, -0.05) is 37.6 Å². The molecule has 3 aromatic rings. The monoisotopic (exact) mass is 376 g/mol. The Bertz CT molecular complexity index is 1060. The zero-order valence-electron chi connectivity index (χ0n) is 15.9. The first-order valence-corrected chi connectivity index (χ1v) is 9.58. The predicted octanol–water partition coefficient (Wildman–Crippen LogP) is 5.07. The summed E-state index contributed by atoms with van der Waals surface area (Å²) in [7, 11) is 0. The Morgan fingerprint density at radius 2 is 1.71 bits per heavy atom. The van der Waals surface area contributed by atoms with Gasteiger partial charge in [0, 0.05) is 11.1 Å². The molecule has 0 fully saturated rings. The van der Waals surface area contributed by atoms with E-state index in [-0.39, 0.29) is 17.6 Å². The van der Waals surface area contributed by atoms with Crippen molar-refractivity contribution in [1.29, 1.82) is 0 Å². The van der Waals surface area contributed by atoms with E-state index in [1.165, 1.54) is 11.0 Å². The molecule has 0 saturated carbocycles. The summed E-state index contributed by atoms with van der Waals surface area (Å²) in [6.07, 6.45) is 2.54. The Kier molecular flexibility index (Phi) is 4.67. The highest BCUT2D eigenvalue weighted by atomic mass is 19.1. The topological polar surface area (TPSA) is 50.3 Å². The number of halogens is 1. The minimum atomic E-state index is -0.487. The average molecular weight is 376 g/mol. The first-order chi connectivity index (χ1) is 13.5. The van der Waals surface area contributed by atoms with Crippen molar-refractivity contribution < 1.29 is 14.0 Å². The van der Waals surface area contributed by atoms with Crippen LogP contribution in [0.1, 0.15) is 64.7 Å². The zero-order valence-corrected chi connectivity index (χ0v) is 15.9. The Labute approximate surface area is 163 Å². The fraction of sp³-hybridized carbons (Fsp3) is 0.261. The summed E-state index contributed by atoms with van der Waals surface area (Å²) in [5.41, 5.74) is 2.71. The van der Waals surface area contributed by atoms with E-state index in [2.05, 4.69) is 11.9 Å². The van der Waals surface area contributed by atoms with E-state index in [1.54, 1.807) is 36.4 Å². The molecular weight excluding hydrogens is 355 g/mol. The lowest BCUT2D eigenvalue weighted by atomic mass is 9.99. The van der Waals surface area contributed by atoms with Crippen molar-refractivity contribution in [3.05, 3.63) is 76.7 Å². The van der Waals surface area contributed by atoms with E-state index >= 15 is 0 Å². The van der Waals surface area contributed by atoms with Crippen LogP contribution in [0.2, 0.25) is 0 Å². The average Bonchev–Trinajstić information content (AvgIpc) is 2.96. The number of aromatic nitrogens is 1. The van der Waals surface area contributed by atoms with Crippen molar-refractivity contribution in [1.82, 2.24) is 9.88 Å². The number of pyridine rings is 1. The van der Waals surface area contributed by atoms with Gasteiger partial charge in [0.1, 0.15) is 11.3 Å². The van der Waals surface area contributed by atoms with Crippen LogP contribution in [0.3, 0.4) is 0 Å². The number of hydrogen-bond acceptors (Lipinski definition) is 3. The second-order valence-electron chi connectivity index (χ2n) is 7.14. The molecule has 5 heteroatoms. The standard InChI is InChI=1S/C23H21FN2O2/c1-3-4-12-20-18(13-15-8-7-11-19(24)21(15)25-20)14(2)26-22(27)16-9-5-6-10-17(16)23(26)28/h5-11,13-14H,3-4,12H2,1-2H3. The van der Waals surface area contributed by atoms with Crippen LogP contribution in [0.4, 0.5) is 4.39 Å². The van der Waals surface area contributed by atoms with Crippen LogP contribution in [0.5, 0.6) is 0 Å². The maximum absolute atomic E-state index is 14.2. The third-order valence-electron chi connectivity index (χ3n) is 5.34. The summed E-state index contributed by atoms with van der Waals surface area (Å²) in [4.78, 5) is 31.7. The number of nitrogens with zero attached hydrogens (tertiary/aromatic N) is 2. The van der Waals surface area contributed by atoms with E-state index in [0.717, 1.165) is 24.1 Å². The first kappa shape index (κ1) is 18.3. The first-order valence-electron chi connectivity index (χ1n) is 9.58. The molecule has 0 bridgehead atoms. The Hall–Kier alpha value is -3.08. The molecule has 0 radical (unpaired) electrons. The molecular formula is C23H21FN2O2. The lowest BCUT2D eigenvalue weighted by Crippen LogP contribution is -2.33. The van der Waals surface area contributed by atoms with Gasteiger partial charge >= 0.3 is 0 Å². The minimum Gasteiger partial charge on any atom is -0.269 e. The smallest absolute Gasteiger partial charge is 0.262 e. The van der Waals surface area contributed by atoms with Gasteiger partial charge in [-0.05, 0) is 49.6 Å². The summed E-state index contributed by atoms with van der Waals surface area (Å²) in [6, 6.07) is 13.1. The number of aryl methyl sites for hydroxylation is 1. The van der Waals surface area contributed by atoms with Gasteiger partial charge in [0.05, 0.1) is 17.2 Å². The van der Waals surface area contributed by atoms with Crippen molar-refractivity contribution in [3.63, 3.8) is 0 Å². The molecule has 1 aliphatic rings. The number of rotatable bonds is 5. The van der Waals surface area contributed by atoms with Crippen LogP contribution in [0, 0.1) is 5.82 Å². The Balaban J connectivity index is 1.81. The molecule has 0 N–H and O–H groups in total. The van der Waals surface area contributed by atoms with Crippen LogP contribution in [-0.2, 0) is 6.42 Å². The maximum atomic E-state index is 14.2. The van der Waals surface area contributed by atoms with E-state index in [0.29, 0.717) is 28.5 Å². The number of fused-ring (bicyclic) bond motifs is 2. The molecule has 0 saturated heterocycles. The number of carbonyl (C=O) groups excluding carboxylic acids is 2. The number of amides is 2.